The first-order valence-electron chi connectivity index (χ1n) is 3.05. The van der Waals surface area contributed by atoms with Crippen molar-refractivity contribution in [2.45, 2.75) is 12.5 Å². The molecule has 0 saturated carbocycles. The van der Waals surface area contributed by atoms with Crippen LogP contribution in [0.25, 0.3) is 0 Å². The van der Waals surface area contributed by atoms with Crippen LogP contribution >= 0.6 is 7.92 Å². The molecule has 0 radical (unpaired) electrons. The van der Waals surface area contributed by atoms with Crippen molar-refractivity contribution in [3.8, 4) is 0 Å². The van der Waals surface area contributed by atoms with E-state index < -0.39 is 0 Å². The van der Waals surface area contributed by atoms with Crippen LogP contribution in [0.15, 0.2) is 0 Å². The van der Waals surface area contributed by atoms with Gasteiger partial charge in [0.25, 0.3) is 0 Å². The molecule has 1 fully saturated rings. The predicted octanol–water partition coefficient (Wildman–Crippen LogP) is 1.52. The lowest BCUT2D eigenvalue weighted by atomic mass is 10.2. The fourth-order valence-corrected chi connectivity index (χ4v) is 1.94. The molecule has 1 aliphatic rings. The standard InChI is InChI=1S/C6H13OP/c1-8(2)5-6-3-4-7-6/h6H,3-5H2,1-2H3. The molecule has 0 aliphatic carbocycles. The van der Waals surface area contributed by atoms with E-state index >= 15 is 0 Å². The average molecular weight is 132 g/mol. The minimum atomic E-state index is 0.281. The molecule has 1 saturated heterocycles. The Morgan fingerprint density at radius 3 is 2.38 bits per heavy atom. The first-order chi connectivity index (χ1) is 3.79. The van der Waals surface area contributed by atoms with E-state index in [1.165, 1.54) is 12.6 Å². The van der Waals surface area contributed by atoms with Gasteiger partial charge < -0.3 is 4.74 Å². The van der Waals surface area contributed by atoms with E-state index in [2.05, 4.69) is 13.3 Å². The molecule has 1 nitrogen and oxygen atoms in total. The van der Waals surface area contributed by atoms with Gasteiger partial charge in [0, 0.05) is 6.61 Å². The van der Waals surface area contributed by atoms with Crippen LogP contribution in [0.2, 0.25) is 0 Å². The van der Waals surface area contributed by atoms with Gasteiger partial charge in [-0.3, -0.25) is 0 Å². The molecule has 2 heteroatoms. The van der Waals surface area contributed by atoms with Gasteiger partial charge in [0.15, 0.2) is 0 Å². The maximum atomic E-state index is 5.26. The second-order valence-corrected chi connectivity index (χ2v) is 5.07. The first-order valence-corrected chi connectivity index (χ1v) is 5.47. The third-order valence-corrected chi connectivity index (χ3v) is 2.50. The van der Waals surface area contributed by atoms with Crippen LogP contribution in [-0.2, 0) is 4.74 Å². The zero-order chi connectivity index (χ0) is 5.98. The highest BCUT2D eigenvalue weighted by Gasteiger charge is 2.18. The van der Waals surface area contributed by atoms with E-state index in [1.54, 1.807) is 0 Å². The number of ether oxygens (including phenoxy) is 1. The van der Waals surface area contributed by atoms with Gasteiger partial charge in [-0.2, -0.15) is 0 Å². The Balaban J connectivity index is 2.01. The average Bonchev–Trinajstić information content (AvgIpc) is 1.55. The Hall–Kier alpha value is 0.390. The molecule has 1 aliphatic heterocycles. The van der Waals surface area contributed by atoms with E-state index in [1.807, 2.05) is 0 Å². The topological polar surface area (TPSA) is 9.23 Å². The van der Waals surface area contributed by atoms with Gasteiger partial charge in [-0.15, -0.1) is 7.92 Å². The zero-order valence-corrected chi connectivity index (χ0v) is 6.45. The Kier molecular flexibility index (Phi) is 2.27. The highest BCUT2D eigenvalue weighted by Crippen LogP contribution is 2.29. The molecule has 1 atom stereocenters. The number of hydrogen-bond donors (Lipinski definition) is 0. The highest BCUT2D eigenvalue weighted by atomic mass is 31.1. The van der Waals surface area contributed by atoms with Crippen LogP contribution < -0.4 is 0 Å². The summed E-state index contributed by atoms with van der Waals surface area (Å²) in [6.07, 6.45) is 3.26. The van der Waals surface area contributed by atoms with E-state index in [0.717, 1.165) is 6.61 Å². The van der Waals surface area contributed by atoms with Crippen molar-refractivity contribution < 1.29 is 4.74 Å². The van der Waals surface area contributed by atoms with Crippen molar-refractivity contribution in [1.29, 1.82) is 0 Å². The summed E-state index contributed by atoms with van der Waals surface area (Å²) in [5, 5.41) is 0. The molecular formula is C6H13OP. The Labute approximate surface area is 52.2 Å². The summed E-state index contributed by atoms with van der Waals surface area (Å²) in [6.45, 7) is 5.61. The third-order valence-electron chi connectivity index (χ3n) is 1.36. The fraction of sp³-hybridized carbons (Fsp3) is 1.00. The quantitative estimate of drug-likeness (QED) is 0.517. The van der Waals surface area contributed by atoms with Gasteiger partial charge >= 0.3 is 0 Å². The molecule has 0 aromatic rings. The summed E-state index contributed by atoms with van der Waals surface area (Å²) in [6, 6.07) is 0. The Morgan fingerprint density at radius 2 is 2.25 bits per heavy atom. The minimum absolute atomic E-state index is 0.281. The van der Waals surface area contributed by atoms with Crippen molar-refractivity contribution in [3.05, 3.63) is 0 Å². The van der Waals surface area contributed by atoms with Crippen LogP contribution in [0.3, 0.4) is 0 Å². The van der Waals surface area contributed by atoms with E-state index in [4.69, 9.17) is 4.74 Å². The maximum Gasteiger partial charge on any atom is 0.0636 e. The van der Waals surface area contributed by atoms with Crippen LogP contribution in [0.5, 0.6) is 0 Å². The second-order valence-electron chi connectivity index (χ2n) is 2.54. The van der Waals surface area contributed by atoms with Crippen LogP contribution in [-0.4, -0.2) is 32.2 Å². The normalized spacial score (nSPS) is 28.1. The van der Waals surface area contributed by atoms with E-state index in [0.29, 0.717) is 6.10 Å². The molecule has 0 spiro atoms. The summed E-state index contributed by atoms with van der Waals surface area (Å²) in [7, 11) is 0.281. The smallest absolute Gasteiger partial charge is 0.0636 e. The van der Waals surface area contributed by atoms with Crippen LogP contribution in [0.4, 0.5) is 0 Å². The molecule has 1 heterocycles. The molecule has 0 bridgehead atoms. The zero-order valence-electron chi connectivity index (χ0n) is 5.55. The van der Waals surface area contributed by atoms with Crippen molar-refractivity contribution in [2.75, 3.05) is 26.1 Å². The maximum absolute atomic E-state index is 5.26. The molecule has 1 unspecified atom stereocenters. The molecule has 0 aromatic heterocycles. The second kappa shape index (κ2) is 2.80. The van der Waals surface area contributed by atoms with E-state index in [9.17, 15) is 0 Å². The van der Waals surface area contributed by atoms with Crippen LogP contribution in [0, 0.1) is 0 Å². The van der Waals surface area contributed by atoms with E-state index in [-0.39, 0.29) is 7.92 Å². The Morgan fingerprint density at radius 1 is 1.62 bits per heavy atom. The summed E-state index contributed by atoms with van der Waals surface area (Å²) in [4.78, 5) is 0. The highest BCUT2D eigenvalue weighted by molar-refractivity contribution is 7.56. The molecular weight excluding hydrogens is 119 g/mol. The lowest BCUT2D eigenvalue weighted by Crippen LogP contribution is -2.29. The monoisotopic (exact) mass is 132 g/mol. The van der Waals surface area contributed by atoms with Gasteiger partial charge in [-0.1, -0.05) is 0 Å². The molecule has 0 aromatic carbocycles. The predicted molar refractivity (Wildman–Crippen MR) is 38.0 cm³/mol. The summed E-state index contributed by atoms with van der Waals surface area (Å²) in [5.74, 6) is 0. The fourth-order valence-electron chi connectivity index (χ4n) is 0.836. The van der Waals surface area contributed by atoms with Crippen molar-refractivity contribution in [2.24, 2.45) is 0 Å². The molecule has 1 rings (SSSR count). The Bertz CT molecular complexity index is 68.9. The van der Waals surface area contributed by atoms with Crippen molar-refractivity contribution in [3.63, 3.8) is 0 Å². The lowest BCUT2D eigenvalue weighted by Gasteiger charge is -2.27. The van der Waals surface area contributed by atoms with Crippen molar-refractivity contribution in [1.82, 2.24) is 0 Å². The molecule has 8 heavy (non-hydrogen) atoms. The van der Waals surface area contributed by atoms with Gasteiger partial charge in [0.1, 0.15) is 0 Å². The number of rotatable bonds is 2. The summed E-state index contributed by atoms with van der Waals surface area (Å²) >= 11 is 0. The largest absolute Gasteiger partial charge is 0.378 e. The van der Waals surface area contributed by atoms with Gasteiger partial charge in [0.05, 0.1) is 6.10 Å². The van der Waals surface area contributed by atoms with Gasteiger partial charge in [-0.25, -0.2) is 0 Å². The van der Waals surface area contributed by atoms with Crippen molar-refractivity contribution >= 4 is 7.92 Å². The SMILES string of the molecule is CP(C)CC1CCO1. The molecule has 48 valence electrons. The molecule has 0 N–H and O–H groups in total. The number of hydrogen-bond acceptors (Lipinski definition) is 1. The lowest BCUT2D eigenvalue weighted by molar-refractivity contribution is -0.0349. The summed E-state index contributed by atoms with van der Waals surface area (Å²) in [5.41, 5.74) is 0. The molecule has 0 amide bonds. The first kappa shape index (κ1) is 6.51. The van der Waals surface area contributed by atoms with Gasteiger partial charge in [0.2, 0.25) is 0 Å². The van der Waals surface area contributed by atoms with Gasteiger partial charge in [-0.05, 0) is 25.9 Å². The minimum Gasteiger partial charge on any atom is -0.378 e. The third kappa shape index (κ3) is 1.72. The van der Waals surface area contributed by atoms with Crippen LogP contribution in [0.1, 0.15) is 6.42 Å². The summed E-state index contributed by atoms with van der Waals surface area (Å²) < 4.78 is 5.26.